The van der Waals surface area contributed by atoms with Gasteiger partial charge < -0.3 is 4.74 Å². The van der Waals surface area contributed by atoms with E-state index in [1.807, 2.05) is 0 Å². The molecule has 0 aromatic rings. The quantitative estimate of drug-likeness (QED) is 0.549. The van der Waals surface area contributed by atoms with Gasteiger partial charge in [-0.05, 0) is 31.1 Å². The number of carbonyl (C=O) groups is 2. The van der Waals surface area contributed by atoms with Gasteiger partial charge in [-0.15, -0.1) is 0 Å². The van der Waals surface area contributed by atoms with E-state index in [1.54, 1.807) is 0 Å². The van der Waals surface area contributed by atoms with Gasteiger partial charge in [0.15, 0.2) is 0 Å². The van der Waals surface area contributed by atoms with Crippen molar-refractivity contribution in [2.75, 3.05) is 0 Å². The summed E-state index contributed by atoms with van der Waals surface area (Å²) in [5.74, 6) is -0.351. The lowest BCUT2D eigenvalue weighted by atomic mass is 9.73. The minimum absolute atomic E-state index is 0.263. The maximum absolute atomic E-state index is 11.5. The fraction of sp³-hybridized carbons (Fsp3) is 0.846. The summed E-state index contributed by atoms with van der Waals surface area (Å²) in [4.78, 5) is 22.4. The van der Waals surface area contributed by atoms with E-state index in [0.717, 1.165) is 19.3 Å². The van der Waals surface area contributed by atoms with Gasteiger partial charge in [0.05, 0.1) is 0 Å². The van der Waals surface area contributed by atoms with Crippen LogP contribution in [0.3, 0.4) is 0 Å². The third-order valence-electron chi connectivity index (χ3n) is 3.63. The van der Waals surface area contributed by atoms with Gasteiger partial charge in [0.1, 0.15) is 5.60 Å². The predicted molar refractivity (Wildman–Crippen MR) is 62.0 cm³/mol. The first-order chi connectivity index (χ1) is 7.37. The monoisotopic (exact) mass is 226 g/mol. The lowest BCUT2D eigenvalue weighted by Gasteiger charge is -2.42. The third-order valence-corrected chi connectivity index (χ3v) is 3.63. The van der Waals surface area contributed by atoms with Gasteiger partial charge in [-0.2, -0.15) is 0 Å². The Morgan fingerprint density at radius 1 is 1.38 bits per heavy atom. The summed E-state index contributed by atoms with van der Waals surface area (Å²) < 4.78 is 5.48. The fourth-order valence-corrected chi connectivity index (χ4v) is 2.54. The lowest BCUT2D eigenvalue weighted by molar-refractivity contribution is -0.175. The maximum atomic E-state index is 11.5. The van der Waals surface area contributed by atoms with Crippen molar-refractivity contribution >= 4 is 11.8 Å². The molecule has 3 heteroatoms. The Morgan fingerprint density at radius 3 is 2.44 bits per heavy atom. The zero-order chi connectivity index (χ0) is 12.3. The Labute approximate surface area is 97.5 Å². The first-order valence-corrected chi connectivity index (χ1v) is 6.11. The normalized spacial score (nSPS) is 30.2. The van der Waals surface area contributed by atoms with Gasteiger partial charge in [0, 0.05) is 6.92 Å². The number of ether oxygens (including phenoxy) is 1. The molecule has 0 amide bonds. The summed E-state index contributed by atoms with van der Waals surface area (Å²) in [7, 11) is 0. The van der Waals surface area contributed by atoms with Gasteiger partial charge in [0.2, 0.25) is 5.78 Å². The molecule has 1 saturated carbocycles. The summed E-state index contributed by atoms with van der Waals surface area (Å²) in [6.45, 7) is 7.57. The average molecular weight is 226 g/mol. The number of rotatable bonds is 3. The molecule has 0 saturated heterocycles. The van der Waals surface area contributed by atoms with Crippen LogP contribution in [0.5, 0.6) is 0 Å². The number of hydrogen-bond donors (Lipinski definition) is 0. The molecule has 1 rings (SSSR count). The van der Waals surface area contributed by atoms with Gasteiger partial charge in [-0.25, -0.2) is 4.79 Å². The van der Waals surface area contributed by atoms with Gasteiger partial charge in [-0.3, -0.25) is 4.79 Å². The molecular weight excluding hydrogens is 204 g/mol. The minimum atomic E-state index is -0.678. The highest BCUT2D eigenvalue weighted by Crippen LogP contribution is 2.40. The summed E-state index contributed by atoms with van der Waals surface area (Å²) in [5, 5.41) is 0. The van der Waals surface area contributed by atoms with Crippen LogP contribution in [0.15, 0.2) is 0 Å². The molecule has 0 heterocycles. The standard InChI is InChI=1S/C13H22O3/c1-9(2)13(16-12(15)11(4)14)7-5-6-10(3)8-13/h9-10H,5-8H2,1-4H3. The molecule has 92 valence electrons. The second kappa shape index (κ2) is 4.98. The zero-order valence-corrected chi connectivity index (χ0v) is 10.7. The summed E-state index contributed by atoms with van der Waals surface area (Å²) >= 11 is 0. The van der Waals surface area contributed by atoms with Gasteiger partial charge >= 0.3 is 5.97 Å². The molecule has 1 aliphatic rings. The van der Waals surface area contributed by atoms with Crippen molar-refractivity contribution in [2.24, 2.45) is 11.8 Å². The molecular formula is C13H22O3. The lowest BCUT2D eigenvalue weighted by Crippen LogP contribution is -2.45. The Bertz CT molecular complexity index is 283. The molecule has 2 unspecified atom stereocenters. The third kappa shape index (κ3) is 2.83. The van der Waals surface area contributed by atoms with Crippen LogP contribution in [0.1, 0.15) is 53.4 Å². The van der Waals surface area contributed by atoms with E-state index < -0.39 is 17.4 Å². The second-order valence-electron chi connectivity index (χ2n) is 5.37. The minimum Gasteiger partial charge on any atom is -0.453 e. The fourth-order valence-electron chi connectivity index (χ4n) is 2.54. The van der Waals surface area contributed by atoms with Crippen molar-refractivity contribution in [3.05, 3.63) is 0 Å². The first-order valence-electron chi connectivity index (χ1n) is 6.11. The van der Waals surface area contributed by atoms with E-state index in [0.29, 0.717) is 5.92 Å². The Balaban J connectivity index is 2.80. The Hall–Kier alpha value is -0.860. The van der Waals surface area contributed by atoms with E-state index in [4.69, 9.17) is 4.74 Å². The zero-order valence-electron chi connectivity index (χ0n) is 10.7. The van der Waals surface area contributed by atoms with Crippen LogP contribution in [0.4, 0.5) is 0 Å². The average Bonchev–Trinajstić information content (AvgIpc) is 2.17. The molecule has 0 aromatic carbocycles. The van der Waals surface area contributed by atoms with E-state index in [9.17, 15) is 9.59 Å². The number of ketones is 1. The van der Waals surface area contributed by atoms with Crippen molar-refractivity contribution in [2.45, 2.75) is 59.0 Å². The Morgan fingerprint density at radius 2 is 2.00 bits per heavy atom. The highest BCUT2D eigenvalue weighted by molar-refractivity contribution is 6.32. The number of esters is 1. The molecule has 0 spiro atoms. The molecule has 3 nitrogen and oxygen atoms in total. The van der Waals surface area contributed by atoms with Crippen molar-refractivity contribution < 1.29 is 14.3 Å². The Kier molecular flexibility index (Phi) is 4.11. The van der Waals surface area contributed by atoms with Gasteiger partial charge in [0.25, 0.3) is 0 Å². The van der Waals surface area contributed by atoms with Crippen molar-refractivity contribution in [1.82, 2.24) is 0 Å². The van der Waals surface area contributed by atoms with Crippen LogP contribution in [-0.4, -0.2) is 17.4 Å². The first kappa shape index (κ1) is 13.2. The molecule has 1 aliphatic carbocycles. The molecule has 0 radical (unpaired) electrons. The smallest absolute Gasteiger partial charge is 0.374 e. The topological polar surface area (TPSA) is 43.4 Å². The van der Waals surface area contributed by atoms with Crippen LogP contribution in [0, 0.1) is 11.8 Å². The van der Waals surface area contributed by atoms with Gasteiger partial charge in [-0.1, -0.05) is 27.2 Å². The summed E-state index contributed by atoms with van der Waals surface area (Å²) in [6, 6.07) is 0. The van der Waals surface area contributed by atoms with Crippen molar-refractivity contribution in [3.63, 3.8) is 0 Å². The molecule has 0 bridgehead atoms. The highest BCUT2D eigenvalue weighted by Gasteiger charge is 2.41. The summed E-state index contributed by atoms with van der Waals surface area (Å²) in [5.41, 5.74) is -0.416. The van der Waals surface area contributed by atoms with Crippen molar-refractivity contribution in [3.8, 4) is 0 Å². The molecule has 0 N–H and O–H groups in total. The molecule has 1 fully saturated rings. The molecule has 2 atom stereocenters. The SMILES string of the molecule is CC(=O)C(=O)OC1(C(C)C)CCCC(C)C1. The van der Waals surface area contributed by atoms with Crippen LogP contribution < -0.4 is 0 Å². The number of carbonyl (C=O) groups excluding carboxylic acids is 2. The second-order valence-corrected chi connectivity index (χ2v) is 5.37. The van der Waals surface area contributed by atoms with E-state index in [1.165, 1.54) is 13.3 Å². The number of Topliss-reactive ketones (excluding diaryl/α,β-unsaturated/α-hetero) is 1. The predicted octanol–water partition coefficient (Wildman–Crippen LogP) is 2.72. The van der Waals surface area contributed by atoms with Crippen LogP contribution in [-0.2, 0) is 14.3 Å². The molecule has 0 aliphatic heterocycles. The van der Waals surface area contributed by atoms with E-state index in [2.05, 4.69) is 20.8 Å². The van der Waals surface area contributed by atoms with E-state index >= 15 is 0 Å². The van der Waals surface area contributed by atoms with Crippen molar-refractivity contribution in [1.29, 1.82) is 0 Å². The molecule has 0 aromatic heterocycles. The largest absolute Gasteiger partial charge is 0.453 e. The molecule has 16 heavy (non-hydrogen) atoms. The highest BCUT2D eigenvalue weighted by atomic mass is 16.6. The number of hydrogen-bond acceptors (Lipinski definition) is 3. The van der Waals surface area contributed by atoms with Crippen LogP contribution in [0.2, 0.25) is 0 Å². The van der Waals surface area contributed by atoms with Crippen LogP contribution in [0.25, 0.3) is 0 Å². The van der Waals surface area contributed by atoms with Crippen LogP contribution >= 0.6 is 0 Å². The van der Waals surface area contributed by atoms with E-state index in [-0.39, 0.29) is 5.92 Å². The maximum Gasteiger partial charge on any atom is 0.374 e. The summed E-state index contributed by atoms with van der Waals surface area (Å²) in [6.07, 6.45) is 4.02.